The average Bonchev–Trinajstić information content (AvgIpc) is 2.89. The van der Waals surface area contributed by atoms with Crippen LogP contribution in [0.5, 0.6) is 11.5 Å². The number of hydrogen-bond acceptors (Lipinski definition) is 8. The van der Waals surface area contributed by atoms with Gasteiger partial charge in [0.05, 0.1) is 20.0 Å². The van der Waals surface area contributed by atoms with Gasteiger partial charge in [-0.25, -0.2) is 0 Å². The van der Waals surface area contributed by atoms with Crippen LogP contribution in [0.3, 0.4) is 0 Å². The van der Waals surface area contributed by atoms with Crippen LogP contribution in [0.15, 0.2) is 47.4 Å². The molecule has 3 N–H and O–H groups in total. The number of rotatable bonds is 15. The van der Waals surface area contributed by atoms with E-state index in [0.717, 1.165) is 4.90 Å². The van der Waals surface area contributed by atoms with Crippen LogP contribution in [0.1, 0.15) is 43.1 Å². The fourth-order valence-electron chi connectivity index (χ4n) is 3.74. The molecule has 0 unspecified atom stereocenters. The van der Waals surface area contributed by atoms with Crippen molar-refractivity contribution in [3.63, 3.8) is 0 Å². The predicted octanol–water partition coefficient (Wildman–Crippen LogP) is 2.91. The third-order valence-electron chi connectivity index (χ3n) is 5.83. The Bertz CT molecular complexity index is 1210. The molecule has 210 valence electrons. The van der Waals surface area contributed by atoms with Crippen LogP contribution in [-0.2, 0) is 25.6 Å². The van der Waals surface area contributed by atoms with Gasteiger partial charge >= 0.3 is 5.97 Å². The summed E-state index contributed by atoms with van der Waals surface area (Å²) >= 11 is 1.43. The minimum Gasteiger partial charge on any atom is -0.496 e. The summed E-state index contributed by atoms with van der Waals surface area (Å²) in [7, 11) is 1.44. The monoisotopic (exact) mass is 558 g/mol. The largest absolute Gasteiger partial charge is 0.496 e. The maximum Gasteiger partial charge on any atom is 0.305 e. The standard InChI is InChI=1S/C28H34N2O8S/c1-16(2)27(30-25(33)13-19-12-18(17(3)31)10-11-22(19)37-4)28(36)29-20(14-26(34)35)21(32)15-38-23-8-6-7-9-24(23)39-5/h6-12,16,20,27H,13-15H2,1-5H3,(H,29,36)(H,30,33)(H,34,35)/t20-,27-/m0/s1. The topological polar surface area (TPSA) is 148 Å². The van der Waals surface area contributed by atoms with Gasteiger partial charge < -0.3 is 25.2 Å². The highest BCUT2D eigenvalue weighted by atomic mass is 32.2. The van der Waals surface area contributed by atoms with Crippen LogP contribution in [-0.4, -0.2) is 66.5 Å². The van der Waals surface area contributed by atoms with E-state index < -0.39 is 48.7 Å². The summed E-state index contributed by atoms with van der Waals surface area (Å²) in [6.45, 7) is 4.38. The molecule has 0 aliphatic heterocycles. The van der Waals surface area contributed by atoms with Crippen molar-refractivity contribution in [1.82, 2.24) is 10.6 Å². The molecule has 0 bridgehead atoms. The van der Waals surface area contributed by atoms with E-state index in [1.165, 1.54) is 25.8 Å². The number of ketones is 2. The van der Waals surface area contributed by atoms with Crippen molar-refractivity contribution in [2.24, 2.45) is 5.92 Å². The van der Waals surface area contributed by atoms with Crippen LogP contribution in [0.4, 0.5) is 0 Å². The molecule has 0 saturated carbocycles. The van der Waals surface area contributed by atoms with E-state index in [1.807, 2.05) is 18.4 Å². The number of Topliss-reactive ketones (excluding diaryl/α,β-unsaturated/α-hetero) is 2. The Morgan fingerprint density at radius 1 is 1.00 bits per heavy atom. The van der Waals surface area contributed by atoms with Crippen molar-refractivity contribution in [3.8, 4) is 11.5 Å². The second-order valence-corrected chi connectivity index (χ2v) is 9.96. The fourth-order valence-corrected chi connectivity index (χ4v) is 4.28. The lowest BCUT2D eigenvalue weighted by Gasteiger charge is -2.25. The highest BCUT2D eigenvalue weighted by Gasteiger charge is 2.30. The van der Waals surface area contributed by atoms with E-state index in [0.29, 0.717) is 22.6 Å². The number of carboxylic acids is 1. The zero-order chi connectivity index (χ0) is 29.1. The normalized spacial score (nSPS) is 12.3. The molecule has 10 nitrogen and oxygen atoms in total. The highest BCUT2D eigenvalue weighted by Crippen LogP contribution is 2.27. The van der Waals surface area contributed by atoms with Gasteiger partial charge in [0.2, 0.25) is 11.8 Å². The number of thioether (sulfide) groups is 1. The van der Waals surface area contributed by atoms with Crippen molar-refractivity contribution in [1.29, 1.82) is 0 Å². The smallest absolute Gasteiger partial charge is 0.305 e. The molecule has 0 aromatic heterocycles. The molecule has 0 radical (unpaired) electrons. The predicted molar refractivity (Wildman–Crippen MR) is 146 cm³/mol. The summed E-state index contributed by atoms with van der Waals surface area (Å²) in [5.74, 6) is -2.79. The van der Waals surface area contributed by atoms with Crippen molar-refractivity contribution in [2.75, 3.05) is 20.0 Å². The zero-order valence-corrected chi connectivity index (χ0v) is 23.4. The van der Waals surface area contributed by atoms with Gasteiger partial charge in [-0.3, -0.25) is 24.0 Å². The first-order chi connectivity index (χ1) is 18.5. The van der Waals surface area contributed by atoms with Gasteiger partial charge in [-0.1, -0.05) is 26.0 Å². The Morgan fingerprint density at radius 2 is 1.69 bits per heavy atom. The molecule has 0 spiro atoms. The molecule has 2 atom stereocenters. The summed E-state index contributed by atoms with van der Waals surface area (Å²) in [5, 5.41) is 14.5. The summed E-state index contributed by atoms with van der Waals surface area (Å²) in [6, 6.07) is 9.41. The van der Waals surface area contributed by atoms with E-state index in [-0.39, 0.29) is 18.1 Å². The van der Waals surface area contributed by atoms with E-state index in [2.05, 4.69) is 10.6 Å². The van der Waals surface area contributed by atoms with Crippen LogP contribution >= 0.6 is 11.8 Å². The van der Waals surface area contributed by atoms with E-state index >= 15 is 0 Å². The van der Waals surface area contributed by atoms with Crippen molar-refractivity contribution in [2.45, 2.75) is 50.6 Å². The Hall–Kier alpha value is -3.86. The van der Waals surface area contributed by atoms with Gasteiger partial charge in [0.1, 0.15) is 30.2 Å². The number of hydrogen-bond donors (Lipinski definition) is 3. The molecule has 11 heteroatoms. The Morgan fingerprint density at radius 3 is 2.28 bits per heavy atom. The molecule has 0 saturated heterocycles. The van der Waals surface area contributed by atoms with E-state index in [9.17, 15) is 29.1 Å². The highest BCUT2D eigenvalue weighted by molar-refractivity contribution is 7.98. The van der Waals surface area contributed by atoms with Crippen molar-refractivity contribution in [3.05, 3.63) is 53.6 Å². The van der Waals surface area contributed by atoms with Crippen LogP contribution in [0.2, 0.25) is 0 Å². The lowest BCUT2D eigenvalue weighted by molar-refractivity contribution is -0.141. The molecule has 0 heterocycles. The molecule has 2 rings (SSSR count). The van der Waals surface area contributed by atoms with Gasteiger partial charge in [-0.15, -0.1) is 11.8 Å². The summed E-state index contributed by atoms with van der Waals surface area (Å²) in [6.07, 6.45) is 1.04. The number of aliphatic carboxylic acids is 1. The SMILES string of the molecule is COc1ccc(C(C)=O)cc1CC(=O)N[C@H](C(=O)N[C@@H](CC(=O)O)C(=O)COc1ccccc1SC)C(C)C. The number of ether oxygens (including phenoxy) is 2. The Kier molecular flexibility index (Phi) is 12.0. The number of carboxylic acid groups (broad SMARTS) is 1. The second kappa shape index (κ2) is 14.9. The molecule has 39 heavy (non-hydrogen) atoms. The Balaban J connectivity index is 2.13. The van der Waals surface area contributed by atoms with Gasteiger partial charge in [0.15, 0.2) is 11.6 Å². The number of methoxy groups -OCH3 is 1. The first-order valence-corrected chi connectivity index (χ1v) is 13.5. The fraction of sp³-hybridized carbons (Fsp3) is 0.393. The van der Waals surface area contributed by atoms with Crippen molar-refractivity contribution >= 4 is 41.1 Å². The molecule has 2 aromatic rings. The first-order valence-electron chi connectivity index (χ1n) is 12.2. The Labute approximate surface area is 231 Å². The summed E-state index contributed by atoms with van der Waals surface area (Å²) in [5.41, 5.74) is 0.876. The molecule has 2 amide bonds. The maximum atomic E-state index is 13.1. The quantitative estimate of drug-likeness (QED) is 0.222. The number of nitrogens with one attached hydrogen (secondary N) is 2. The van der Waals surface area contributed by atoms with Gasteiger partial charge in [-0.2, -0.15) is 0 Å². The third-order valence-corrected chi connectivity index (χ3v) is 6.60. The van der Waals surface area contributed by atoms with Crippen LogP contribution in [0.25, 0.3) is 0 Å². The summed E-state index contributed by atoms with van der Waals surface area (Å²) < 4.78 is 10.9. The second-order valence-electron chi connectivity index (χ2n) is 9.11. The molecule has 2 aromatic carbocycles. The zero-order valence-electron chi connectivity index (χ0n) is 22.6. The molecule has 0 fully saturated rings. The summed E-state index contributed by atoms with van der Waals surface area (Å²) in [4.78, 5) is 62.9. The van der Waals surface area contributed by atoms with Crippen LogP contribution in [0, 0.1) is 5.92 Å². The number of carbonyl (C=O) groups is 5. The average molecular weight is 559 g/mol. The van der Waals surface area contributed by atoms with E-state index in [1.54, 1.807) is 44.2 Å². The molecular formula is C28H34N2O8S. The van der Waals surface area contributed by atoms with Crippen LogP contribution < -0.4 is 20.1 Å². The maximum absolute atomic E-state index is 13.1. The molecule has 0 aliphatic rings. The minimum atomic E-state index is -1.36. The third kappa shape index (κ3) is 9.43. The van der Waals surface area contributed by atoms with Gasteiger partial charge in [-0.05, 0) is 49.4 Å². The molecule has 0 aliphatic carbocycles. The van der Waals surface area contributed by atoms with Crippen molar-refractivity contribution < 1.29 is 38.6 Å². The first kappa shape index (κ1) is 31.4. The molecular weight excluding hydrogens is 524 g/mol. The number of amides is 2. The minimum absolute atomic E-state index is 0.166. The van der Waals surface area contributed by atoms with Gasteiger partial charge in [0, 0.05) is 16.0 Å². The lowest BCUT2D eigenvalue weighted by atomic mass is 10.0. The van der Waals surface area contributed by atoms with E-state index in [4.69, 9.17) is 9.47 Å². The number of carbonyl (C=O) groups excluding carboxylic acids is 4. The lowest BCUT2D eigenvalue weighted by Crippen LogP contribution is -2.54. The number of para-hydroxylation sites is 1. The van der Waals surface area contributed by atoms with Gasteiger partial charge in [0.25, 0.3) is 0 Å². The number of benzene rings is 2.